The normalized spacial score (nSPS) is 19.7. The lowest BCUT2D eigenvalue weighted by molar-refractivity contribution is -0.143. The molecule has 0 radical (unpaired) electrons. The van der Waals surface area contributed by atoms with E-state index < -0.39 is 60.0 Å². The first kappa shape index (κ1) is 85.3. The lowest BCUT2D eigenvalue weighted by atomic mass is 9.85. The highest BCUT2D eigenvalue weighted by Gasteiger charge is 2.50. The number of hydrogen-bond acceptors (Lipinski definition) is 19. The van der Waals surface area contributed by atoms with Gasteiger partial charge in [0.25, 0.3) is 17.7 Å². The Kier molecular flexibility index (Phi) is 27.2. The third-order valence-electron chi connectivity index (χ3n) is 23.7. The largest absolute Gasteiger partial charge is 0.391 e. The molecule has 0 unspecified atom stereocenters. The van der Waals surface area contributed by atoms with Crippen LogP contribution in [0.4, 0.5) is 0 Å². The second kappa shape index (κ2) is 37.6. The van der Waals surface area contributed by atoms with E-state index in [1.807, 2.05) is 163 Å². The fourth-order valence-electron chi connectivity index (χ4n) is 17.3. The topological polar surface area (TPSA) is 305 Å². The number of amides is 6. The number of hydrogen-bond donors (Lipinski definition) is 4. The Labute approximate surface area is 701 Å². The SMILES string of the molecule is Cc1ncsc1-c1ccc(CCC(=O)[C@@H]2C[C@@H](O)CN2C(=O)[C@@H](NC(=O)c2ccccc2)C(C)(C)C)cc1.Cc1ncsc1-c1ccc(CCC(=O)[C@@H]2C[C@@H](O)CN2C(=O)[C@H](C(C)C)N2Cc3cc(C#N)ccc3C2=O)cc1.Cc1ncsc1-c1ccc(CCC(=O)[C@@H]2C[C@@H](O)CN2C(=O)[C@H](C2CCCC2)N2Cc3ccccc3C2=O)cc1. The summed E-state index contributed by atoms with van der Waals surface area (Å²) in [6, 6.07) is 43.4. The number of likely N-dealkylation sites (tertiary alicyclic amines) is 3. The van der Waals surface area contributed by atoms with Gasteiger partial charge in [0.15, 0.2) is 17.3 Å². The molecular weight excluding hydrogens is 1550 g/mol. The van der Waals surface area contributed by atoms with Crippen LogP contribution >= 0.6 is 34.0 Å². The maximum atomic E-state index is 14.2. The van der Waals surface area contributed by atoms with Gasteiger partial charge < -0.3 is 45.1 Å². The number of aromatic nitrogens is 3. The monoisotopic (exact) mass is 1650 g/mol. The van der Waals surface area contributed by atoms with Crippen LogP contribution in [0.1, 0.15) is 180 Å². The summed E-state index contributed by atoms with van der Waals surface area (Å²) in [6.45, 7) is 16.3. The summed E-state index contributed by atoms with van der Waals surface area (Å²) >= 11 is 4.81. The van der Waals surface area contributed by atoms with Gasteiger partial charge in [0.2, 0.25) is 17.7 Å². The molecular formula is C93H102N10O12S3. The number of ketones is 3. The molecule has 8 heterocycles. The van der Waals surface area contributed by atoms with Crippen LogP contribution in [-0.4, -0.2) is 182 Å². The van der Waals surface area contributed by atoms with Crippen molar-refractivity contribution in [3.05, 3.63) is 229 Å². The van der Waals surface area contributed by atoms with Gasteiger partial charge in [-0.05, 0) is 151 Å². The van der Waals surface area contributed by atoms with Crippen LogP contribution < -0.4 is 5.32 Å². The fraction of sp³-hybridized carbons (Fsp3) is 0.409. The molecule has 9 atom stereocenters. The predicted molar refractivity (Wildman–Crippen MR) is 454 cm³/mol. The van der Waals surface area contributed by atoms with Gasteiger partial charge in [-0.2, -0.15) is 5.26 Å². The molecule has 5 aliphatic heterocycles. The summed E-state index contributed by atoms with van der Waals surface area (Å²) in [5, 5.41) is 43.6. The molecule has 4 fully saturated rings. The summed E-state index contributed by atoms with van der Waals surface area (Å²) in [5.41, 5.74) is 18.0. The quantitative estimate of drug-likeness (QED) is 0.0437. The number of aryl methyl sites for hydroxylation is 6. The van der Waals surface area contributed by atoms with E-state index >= 15 is 0 Å². The van der Waals surface area contributed by atoms with E-state index in [0.29, 0.717) is 60.0 Å². The Balaban J connectivity index is 0.000000154. The molecule has 6 amide bonds. The minimum atomic E-state index is -0.849. The number of aliphatic hydroxyl groups is 3. The molecule has 0 spiro atoms. The Morgan fingerprint density at radius 1 is 0.517 bits per heavy atom. The summed E-state index contributed by atoms with van der Waals surface area (Å²) in [5.74, 6) is -1.93. The van der Waals surface area contributed by atoms with E-state index in [-0.39, 0.29) is 123 Å². The first-order valence-electron chi connectivity index (χ1n) is 40.7. The number of aliphatic hydroxyl groups excluding tert-OH is 3. The Hall–Kier alpha value is -10.6. The van der Waals surface area contributed by atoms with Crippen LogP contribution in [0.5, 0.6) is 0 Å². The van der Waals surface area contributed by atoms with Gasteiger partial charge >= 0.3 is 0 Å². The highest BCUT2D eigenvalue weighted by Crippen LogP contribution is 2.40. The van der Waals surface area contributed by atoms with Crippen molar-refractivity contribution in [1.82, 2.24) is 44.8 Å². The molecule has 4 N–H and O–H groups in total. The van der Waals surface area contributed by atoms with Gasteiger partial charge in [0.05, 0.1) is 96.3 Å². The van der Waals surface area contributed by atoms with E-state index in [2.05, 4.69) is 38.5 Å². The standard InChI is InChI=1S/C32H35N3O4S.C31H32N4O4S.C30H35N3O4S/c1-20-30(40-19-33-20)23-13-10-21(11-14-23)12-15-28(37)27-16-25(36)18-34(27)32(39)29(22-6-2-3-7-22)35-17-24-8-4-5-9-26(24)31(35)38;1-18(2)28(35-15-23-12-21(14-32)6-10-25(23)30(35)38)31(39)34-16-24(36)13-26(34)27(37)11-7-20-4-8-22(9-5-20)29-19(3)33-17-40-29;1-19-26(38-18-31-19)21-13-10-20(11-14-21)12-15-25(35)24-16-23(34)17-33(24)29(37)27(30(2,3)4)32-28(36)22-8-6-5-7-9-22/h4-5,8-11,13-14,19,22,25,27,29,36H,2-3,6-7,12,15-18H2,1H3;4-6,8-10,12,17-18,24,26,28,36H,7,11,13,15-16H2,1-3H3;5-11,13-14,18,23-24,27,34H,12,15-17H2,1-4H3,(H,32,36)/t25-,27+,29+;24-,26+,28+;23-,24+,27-/m111/s1. The van der Waals surface area contributed by atoms with Crippen molar-refractivity contribution in [1.29, 1.82) is 5.26 Å². The third-order valence-corrected chi connectivity index (χ3v) is 26.6. The number of nitriles is 1. The minimum Gasteiger partial charge on any atom is -0.391 e. The molecule has 9 aromatic rings. The third kappa shape index (κ3) is 19.4. The molecule has 3 aromatic heterocycles. The highest BCUT2D eigenvalue weighted by atomic mass is 32.1. The number of nitrogens with zero attached hydrogens (tertiary/aromatic N) is 9. The summed E-state index contributed by atoms with van der Waals surface area (Å²) < 4.78 is 0. The number of nitrogens with one attached hydrogen (secondary N) is 1. The summed E-state index contributed by atoms with van der Waals surface area (Å²) in [7, 11) is 0. The first-order valence-corrected chi connectivity index (χ1v) is 43.4. The van der Waals surface area contributed by atoms with Crippen molar-refractivity contribution >= 4 is 86.8 Å². The van der Waals surface area contributed by atoms with Gasteiger partial charge in [0.1, 0.15) is 18.1 Å². The van der Waals surface area contributed by atoms with Crippen LogP contribution in [-0.2, 0) is 61.1 Å². The molecule has 0 bridgehead atoms. The highest BCUT2D eigenvalue weighted by molar-refractivity contribution is 7.14. The van der Waals surface area contributed by atoms with Gasteiger partial charge in [0, 0.05) is 87.9 Å². The van der Waals surface area contributed by atoms with E-state index in [1.165, 1.54) is 14.7 Å². The minimum absolute atomic E-state index is 0.0338. The zero-order valence-electron chi connectivity index (χ0n) is 67.9. The summed E-state index contributed by atoms with van der Waals surface area (Å²) in [6.07, 6.45) is 4.64. The van der Waals surface area contributed by atoms with Crippen LogP contribution in [0, 0.1) is 49.4 Å². The second-order valence-electron chi connectivity index (χ2n) is 33.3. The second-order valence-corrected chi connectivity index (χ2v) is 35.9. The van der Waals surface area contributed by atoms with Crippen molar-refractivity contribution in [2.75, 3.05) is 19.6 Å². The first-order chi connectivity index (χ1) is 56.6. The number of thiazole rings is 3. The van der Waals surface area contributed by atoms with Crippen molar-refractivity contribution in [2.45, 2.75) is 207 Å². The Morgan fingerprint density at radius 2 is 0.924 bits per heavy atom. The zero-order valence-corrected chi connectivity index (χ0v) is 70.4. The van der Waals surface area contributed by atoms with Crippen LogP contribution in [0.15, 0.2) is 162 Å². The molecule has 614 valence electrons. The Bertz CT molecular complexity index is 5200. The maximum absolute atomic E-state index is 14.2. The zero-order chi connectivity index (χ0) is 83.8. The number of Topliss-reactive ketones (excluding diaryl/α,β-unsaturated/α-hetero) is 3. The molecule has 1 saturated carbocycles. The molecule has 6 aliphatic rings. The van der Waals surface area contributed by atoms with Gasteiger partial charge in [-0.3, -0.25) is 43.2 Å². The van der Waals surface area contributed by atoms with Crippen molar-refractivity contribution < 1.29 is 58.5 Å². The lowest BCUT2D eigenvalue weighted by Crippen LogP contribution is -2.56. The van der Waals surface area contributed by atoms with Crippen LogP contribution in [0.3, 0.4) is 0 Å². The number of β-amino-alcohol motifs (C(OH)–C–C–N with tert-alkyl or cyclic N) is 3. The molecule has 118 heavy (non-hydrogen) atoms. The Morgan fingerprint density at radius 3 is 1.34 bits per heavy atom. The van der Waals surface area contributed by atoms with Crippen molar-refractivity contribution in [3.8, 4) is 37.4 Å². The molecule has 6 aromatic carbocycles. The van der Waals surface area contributed by atoms with E-state index in [1.54, 1.807) is 86.3 Å². The smallest absolute Gasteiger partial charge is 0.255 e. The average Bonchev–Trinajstić information content (AvgIpc) is 1.63. The average molecular weight is 1650 g/mol. The number of carbonyl (C=O) groups is 9. The van der Waals surface area contributed by atoms with Gasteiger partial charge in [-0.25, -0.2) is 15.0 Å². The molecule has 25 heteroatoms. The van der Waals surface area contributed by atoms with Crippen LogP contribution in [0.2, 0.25) is 0 Å². The number of carbonyl (C=O) groups excluding carboxylic acids is 9. The van der Waals surface area contributed by atoms with Crippen molar-refractivity contribution in [2.24, 2.45) is 17.3 Å². The lowest BCUT2D eigenvalue weighted by Gasteiger charge is -2.36. The van der Waals surface area contributed by atoms with Gasteiger partial charge in [-0.1, -0.05) is 157 Å². The number of rotatable bonds is 24. The fourth-order valence-corrected chi connectivity index (χ4v) is 19.8. The number of benzene rings is 6. The summed E-state index contributed by atoms with van der Waals surface area (Å²) in [4.78, 5) is 146. The molecule has 3 saturated heterocycles. The molecule has 15 rings (SSSR count). The van der Waals surface area contributed by atoms with Crippen LogP contribution in [0.25, 0.3) is 31.3 Å². The maximum Gasteiger partial charge on any atom is 0.255 e. The van der Waals surface area contributed by atoms with E-state index in [9.17, 15) is 63.7 Å². The van der Waals surface area contributed by atoms with E-state index in [4.69, 9.17) is 0 Å². The van der Waals surface area contributed by atoms with Gasteiger partial charge in [-0.15, -0.1) is 34.0 Å². The molecule has 22 nitrogen and oxygen atoms in total. The van der Waals surface area contributed by atoms with Crippen molar-refractivity contribution in [3.63, 3.8) is 0 Å². The van der Waals surface area contributed by atoms with E-state index in [0.717, 1.165) is 96.3 Å². The number of fused-ring (bicyclic) bond motifs is 2. The molecule has 1 aliphatic carbocycles. The predicted octanol–water partition coefficient (Wildman–Crippen LogP) is 13.4.